The van der Waals surface area contributed by atoms with Gasteiger partial charge in [-0.1, -0.05) is 32.6 Å². The van der Waals surface area contributed by atoms with Crippen LogP contribution in [0.1, 0.15) is 56.6 Å². The largest absolute Gasteiger partial charge is 0.271 e. The number of aromatic nitrogens is 2. The topological polar surface area (TPSA) is 63.8 Å². The normalized spacial score (nSPS) is 25.9. The van der Waals surface area contributed by atoms with Gasteiger partial charge in [-0.25, -0.2) is 9.97 Å². The lowest BCUT2D eigenvalue weighted by atomic mass is 9.73. The van der Waals surface area contributed by atoms with Crippen LogP contribution in [0.2, 0.25) is 0 Å². The maximum absolute atomic E-state index is 5.79. The Bertz CT molecular complexity index is 380. The van der Waals surface area contributed by atoms with E-state index in [1.807, 2.05) is 19.2 Å². The number of hydrogen-bond donors (Lipinski definition) is 2. The summed E-state index contributed by atoms with van der Waals surface area (Å²) in [5.74, 6) is 7.97. The Kier molecular flexibility index (Phi) is 4.66. The second-order valence-corrected chi connectivity index (χ2v) is 5.29. The quantitative estimate of drug-likeness (QED) is 0.635. The molecule has 1 fully saturated rings. The van der Waals surface area contributed by atoms with Crippen molar-refractivity contribution in [2.45, 2.75) is 52.0 Å². The van der Waals surface area contributed by atoms with Crippen molar-refractivity contribution in [3.05, 3.63) is 23.8 Å². The maximum atomic E-state index is 5.79. The predicted molar refractivity (Wildman–Crippen MR) is 72.6 cm³/mol. The molecule has 100 valence electrons. The molecule has 0 aliphatic heterocycles. The van der Waals surface area contributed by atoms with Gasteiger partial charge >= 0.3 is 0 Å². The second-order valence-electron chi connectivity index (χ2n) is 5.29. The van der Waals surface area contributed by atoms with Crippen LogP contribution in [0.4, 0.5) is 0 Å². The van der Waals surface area contributed by atoms with E-state index in [4.69, 9.17) is 5.84 Å². The minimum Gasteiger partial charge on any atom is -0.271 e. The number of rotatable bonds is 4. The Balaban J connectivity index is 2.21. The molecule has 4 heteroatoms. The smallest absolute Gasteiger partial charge is 0.125 e. The lowest BCUT2D eigenvalue weighted by Crippen LogP contribution is -2.38. The van der Waals surface area contributed by atoms with Crippen LogP contribution >= 0.6 is 0 Å². The van der Waals surface area contributed by atoms with Crippen molar-refractivity contribution >= 4 is 0 Å². The summed E-state index contributed by atoms with van der Waals surface area (Å²) in [7, 11) is 0. The zero-order chi connectivity index (χ0) is 13.0. The first-order chi connectivity index (χ1) is 8.76. The van der Waals surface area contributed by atoms with Gasteiger partial charge < -0.3 is 0 Å². The second kappa shape index (κ2) is 6.25. The van der Waals surface area contributed by atoms with Gasteiger partial charge in [0.2, 0.25) is 0 Å². The molecular formula is C14H24N4. The summed E-state index contributed by atoms with van der Waals surface area (Å²) in [6, 6.07) is 2.15. The van der Waals surface area contributed by atoms with Gasteiger partial charge in [-0.15, -0.1) is 0 Å². The highest BCUT2D eigenvalue weighted by molar-refractivity contribution is 5.09. The molecule has 0 bridgehead atoms. The molecule has 3 atom stereocenters. The molecule has 0 aromatic carbocycles. The Hall–Kier alpha value is -1.00. The van der Waals surface area contributed by atoms with Crippen LogP contribution in [-0.4, -0.2) is 9.97 Å². The van der Waals surface area contributed by atoms with Crippen LogP contribution in [0.5, 0.6) is 0 Å². The molecule has 3 N–H and O–H groups in total. The van der Waals surface area contributed by atoms with Crippen LogP contribution < -0.4 is 11.3 Å². The lowest BCUT2D eigenvalue weighted by Gasteiger charge is -2.36. The lowest BCUT2D eigenvalue weighted by molar-refractivity contribution is 0.173. The highest BCUT2D eigenvalue weighted by Crippen LogP contribution is 2.39. The highest BCUT2D eigenvalue weighted by Gasteiger charge is 2.31. The zero-order valence-electron chi connectivity index (χ0n) is 11.4. The average Bonchev–Trinajstić information content (AvgIpc) is 2.40. The molecule has 0 radical (unpaired) electrons. The minimum absolute atomic E-state index is 0.164. The number of hydrogen-bond acceptors (Lipinski definition) is 4. The summed E-state index contributed by atoms with van der Waals surface area (Å²) in [5.41, 5.74) is 4.03. The van der Waals surface area contributed by atoms with Crippen molar-refractivity contribution in [3.63, 3.8) is 0 Å². The van der Waals surface area contributed by atoms with Crippen LogP contribution in [0, 0.1) is 18.8 Å². The third-order valence-electron chi connectivity index (χ3n) is 4.22. The van der Waals surface area contributed by atoms with E-state index in [2.05, 4.69) is 22.3 Å². The van der Waals surface area contributed by atoms with Crippen molar-refractivity contribution in [1.82, 2.24) is 15.4 Å². The van der Waals surface area contributed by atoms with Gasteiger partial charge in [0.15, 0.2) is 0 Å². The fraction of sp³-hybridized carbons (Fsp3) is 0.714. The number of nitrogens with two attached hydrogens (primary N) is 1. The number of aryl methyl sites for hydroxylation is 1. The Morgan fingerprint density at radius 2 is 2.22 bits per heavy atom. The van der Waals surface area contributed by atoms with Gasteiger partial charge in [0.05, 0.1) is 11.7 Å². The van der Waals surface area contributed by atoms with E-state index in [9.17, 15) is 0 Å². The molecule has 1 aromatic heterocycles. The summed E-state index contributed by atoms with van der Waals surface area (Å²) < 4.78 is 0. The third-order valence-corrected chi connectivity index (χ3v) is 4.22. The fourth-order valence-corrected chi connectivity index (χ4v) is 3.26. The minimum atomic E-state index is 0.164. The van der Waals surface area contributed by atoms with E-state index < -0.39 is 0 Å². The van der Waals surface area contributed by atoms with E-state index in [-0.39, 0.29) is 6.04 Å². The summed E-state index contributed by atoms with van der Waals surface area (Å²) >= 11 is 0. The third kappa shape index (κ3) is 2.87. The molecule has 1 aliphatic carbocycles. The first-order valence-electron chi connectivity index (χ1n) is 7.02. The van der Waals surface area contributed by atoms with Gasteiger partial charge in [-0.2, -0.15) is 0 Å². The van der Waals surface area contributed by atoms with Crippen molar-refractivity contribution < 1.29 is 0 Å². The monoisotopic (exact) mass is 248 g/mol. The SMILES string of the molecule is CCC1CCCCC1C(NN)c1ccnc(C)n1. The fourth-order valence-electron chi connectivity index (χ4n) is 3.26. The standard InChI is InChI=1S/C14H24N4/c1-3-11-6-4-5-7-12(11)14(18-15)13-8-9-16-10(2)17-13/h8-9,11-12,14,18H,3-7,15H2,1-2H3. The first-order valence-corrected chi connectivity index (χ1v) is 7.02. The summed E-state index contributed by atoms with van der Waals surface area (Å²) in [6.07, 6.45) is 8.29. The van der Waals surface area contributed by atoms with Crippen molar-refractivity contribution in [1.29, 1.82) is 0 Å². The van der Waals surface area contributed by atoms with E-state index in [0.29, 0.717) is 5.92 Å². The molecule has 4 nitrogen and oxygen atoms in total. The molecule has 18 heavy (non-hydrogen) atoms. The van der Waals surface area contributed by atoms with Gasteiger partial charge in [-0.05, 0) is 31.2 Å². The van der Waals surface area contributed by atoms with Gasteiger partial charge in [0, 0.05) is 6.20 Å². The average molecular weight is 248 g/mol. The van der Waals surface area contributed by atoms with Gasteiger partial charge in [0.1, 0.15) is 5.82 Å². The molecule has 2 rings (SSSR count). The molecule has 1 heterocycles. The van der Waals surface area contributed by atoms with Crippen LogP contribution in [0.25, 0.3) is 0 Å². The molecule has 1 saturated carbocycles. The number of hydrazine groups is 1. The van der Waals surface area contributed by atoms with Crippen LogP contribution in [-0.2, 0) is 0 Å². The summed E-state index contributed by atoms with van der Waals surface area (Å²) in [4.78, 5) is 8.70. The van der Waals surface area contributed by atoms with E-state index in [0.717, 1.165) is 17.4 Å². The number of nitrogens with one attached hydrogen (secondary N) is 1. The van der Waals surface area contributed by atoms with Crippen molar-refractivity contribution in [2.24, 2.45) is 17.7 Å². The molecular weight excluding hydrogens is 224 g/mol. The predicted octanol–water partition coefficient (Wildman–Crippen LogP) is 2.51. The van der Waals surface area contributed by atoms with E-state index in [1.165, 1.54) is 32.1 Å². The Morgan fingerprint density at radius 3 is 2.89 bits per heavy atom. The Labute approximate surface area is 109 Å². The molecule has 1 aliphatic rings. The number of nitrogens with zero attached hydrogens (tertiary/aromatic N) is 2. The van der Waals surface area contributed by atoms with Crippen LogP contribution in [0.15, 0.2) is 12.3 Å². The van der Waals surface area contributed by atoms with E-state index in [1.54, 1.807) is 0 Å². The molecule has 1 aromatic rings. The van der Waals surface area contributed by atoms with E-state index >= 15 is 0 Å². The molecule has 3 unspecified atom stereocenters. The van der Waals surface area contributed by atoms with Gasteiger partial charge in [0.25, 0.3) is 0 Å². The first kappa shape index (κ1) is 13.4. The Morgan fingerprint density at radius 1 is 1.44 bits per heavy atom. The summed E-state index contributed by atoms with van der Waals surface area (Å²) in [5, 5.41) is 0. The molecule has 0 spiro atoms. The maximum Gasteiger partial charge on any atom is 0.125 e. The van der Waals surface area contributed by atoms with Gasteiger partial charge in [-0.3, -0.25) is 11.3 Å². The molecule has 0 amide bonds. The van der Waals surface area contributed by atoms with Crippen molar-refractivity contribution in [2.75, 3.05) is 0 Å². The van der Waals surface area contributed by atoms with Crippen molar-refractivity contribution in [3.8, 4) is 0 Å². The van der Waals surface area contributed by atoms with Crippen LogP contribution in [0.3, 0.4) is 0 Å². The zero-order valence-corrected chi connectivity index (χ0v) is 11.4. The molecule has 0 saturated heterocycles. The summed E-state index contributed by atoms with van der Waals surface area (Å²) in [6.45, 7) is 4.21. The highest BCUT2D eigenvalue weighted by atomic mass is 15.2.